The number of aromatic nitrogens is 2. The maximum Gasteiger partial charge on any atom is 0.414 e. The molecule has 0 bridgehead atoms. The highest BCUT2D eigenvalue weighted by Crippen LogP contribution is 2.27. The molecule has 1 aromatic heterocycles. The predicted molar refractivity (Wildman–Crippen MR) is 99.5 cm³/mol. The first-order valence-corrected chi connectivity index (χ1v) is 8.68. The van der Waals surface area contributed by atoms with Crippen LogP contribution in [0, 0.1) is 21.4 Å². The van der Waals surface area contributed by atoms with Crippen LogP contribution in [-0.2, 0) is 17.9 Å². The summed E-state index contributed by atoms with van der Waals surface area (Å²) in [5.41, 5.74) is 3.53. The van der Waals surface area contributed by atoms with Crippen LogP contribution in [0.1, 0.15) is 11.1 Å². The smallest absolute Gasteiger partial charge is 0.414 e. The van der Waals surface area contributed by atoms with Crippen LogP contribution >= 0.6 is 0 Å². The first kappa shape index (κ1) is 17.7. The molecule has 1 atom stereocenters. The van der Waals surface area contributed by atoms with E-state index in [0.717, 1.165) is 16.7 Å². The van der Waals surface area contributed by atoms with Crippen LogP contribution in [0.3, 0.4) is 0 Å². The molecule has 2 heterocycles. The molecular weight excluding hydrogens is 360 g/mol. The van der Waals surface area contributed by atoms with Gasteiger partial charge < -0.3 is 19.6 Å². The Kier molecular flexibility index (Phi) is 4.74. The van der Waals surface area contributed by atoms with Gasteiger partial charge in [0.15, 0.2) is 0 Å². The fraction of sp³-hybridized carbons (Fsp3) is 0.200. The Morgan fingerprint density at radius 2 is 2.18 bits per heavy atom. The van der Waals surface area contributed by atoms with Crippen LogP contribution in [0.25, 0.3) is 11.1 Å². The average Bonchev–Trinajstić information content (AvgIpc) is 3.16. The van der Waals surface area contributed by atoms with Crippen LogP contribution in [-0.4, -0.2) is 27.2 Å². The van der Waals surface area contributed by atoms with Crippen molar-refractivity contribution >= 4 is 5.82 Å². The molecule has 0 radical (unpaired) electrons. The van der Waals surface area contributed by atoms with E-state index in [1.54, 1.807) is 10.6 Å². The Morgan fingerprint density at radius 3 is 3.00 bits per heavy atom. The van der Waals surface area contributed by atoms with Crippen molar-refractivity contribution in [2.45, 2.75) is 19.3 Å². The number of nitriles is 1. The molecule has 0 saturated heterocycles. The summed E-state index contributed by atoms with van der Waals surface area (Å²) < 4.78 is 13.1. The molecule has 0 amide bonds. The van der Waals surface area contributed by atoms with Crippen molar-refractivity contribution in [2.24, 2.45) is 0 Å². The zero-order chi connectivity index (χ0) is 19.5. The van der Waals surface area contributed by atoms with Crippen molar-refractivity contribution in [3.8, 4) is 23.2 Å². The Bertz CT molecular complexity index is 1070. The normalized spacial score (nSPS) is 15.3. The number of hydrogen-bond donors (Lipinski definition) is 0. The van der Waals surface area contributed by atoms with Gasteiger partial charge in [0.1, 0.15) is 18.9 Å². The summed E-state index contributed by atoms with van der Waals surface area (Å²) in [5.74, 6) is -0.238. The molecule has 3 aromatic rings. The monoisotopic (exact) mass is 376 g/mol. The third-order valence-electron chi connectivity index (χ3n) is 4.51. The zero-order valence-electron chi connectivity index (χ0n) is 14.8. The molecule has 8 nitrogen and oxygen atoms in total. The van der Waals surface area contributed by atoms with E-state index in [1.165, 1.54) is 6.20 Å². The van der Waals surface area contributed by atoms with E-state index >= 15 is 0 Å². The number of nitrogens with zero attached hydrogens (tertiary/aromatic N) is 4. The molecule has 0 spiro atoms. The van der Waals surface area contributed by atoms with E-state index in [4.69, 9.17) is 14.7 Å². The standard InChI is InChI=1S/C20H16N4O4/c21-9-14-4-3-6-15(8-14)18-7-2-1-5-16(18)12-27-17-10-23-11-19(24(25)26)22-20(23)28-13-17/h1-8,11,17H,10,12-13H2/t17-/m0/s1. The molecule has 2 aromatic carbocycles. The van der Waals surface area contributed by atoms with Gasteiger partial charge in [-0.05, 0) is 33.7 Å². The molecule has 0 N–H and O–H groups in total. The van der Waals surface area contributed by atoms with Gasteiger partial charge in [0.2, 0.25) is 0 Å². The number of rotatable bonds is 5. The number of imidazole rings is 1. The van der Waals surface area contributed by atoms with E-state index in [0.29, 0.717) is 18.7 Å². The SMILES string of the molecule is N#Cc1cccc(-c2ccccc2CO[C@@H]2COc3nc([N+](=O)[O-])cn3C2)c1. The largest absolute Gasteiger partial charge is 0.443 e. The second-order valence-corrected chi connectivity index (χ2v) is 6.38. The van der Waals surface area contributed by atoms with Crippen molar-refractivity contribution in [2.75, 3.05) is 6.61 Å². The molecule has 8 heteroatoms. The van der Waals surface area contributed by atoms with E-state index < -0.39 is 4.92 Å². The zero-order valence-corrected chi connectivity index (χ0v) is 14.8. The average molecular weight is 376 g/mol. The molecule has 4 rings (SSSR count). The highest BCUT2D eigenvalue weighted by Gasteiger charge is 2.28. The van der Waals surface area contributed by atoms with Gasteiger partial charge in [-0.2, -0.15) is 5.26 Å². The first-order valence-electron chi connectivity index (χ1n) is 8.68. The fourth-order valence-corrected chi connectivity index (χ4v) is 3.15. The molecule has 0 unspecified atom stereocenters. The molecule has 1 aliphatic rings. The summed E-state index contributed by atoms with van der Waals surface area (Å²) >= 11 is 0. The van der Waals surface area contributed by atoms with E-state index in [-0.39, 0.29) is 24.5 Å². The number of fused-ring (bicyclic) bond motifs is 1. The molecule has 28 heavy (non-hydrogen) atoms. The van der Waals surface area contributed by atoms with Gasteiger partial charge in [0.25, 0.3) is 0 Å². The van der Waals surface area contributed by atoms with Gasteiger partial charge >= 0.3 is 11.8 Å². The lowest BCUT2D eigenvalue weighted by Crippen LogP contribution is -2.32. The number of nitro groups is 1. The van der Waals surface area contributed by atoms with Gasteiger partial charge in [-0.3, -0.25) is 4.57 Å². The lowest BCUT2D eigenvalue weighted by molar-refractivity contribution is -0.389. The molecule has 0 fully saturated rings. The van der Waals surface area contributed by atoms with E-state index in [1.807, 2.05) is 42.5 Å². The number of benzene rings is 2. The quantitative estimate of drug-likeness (QED) is 0.500. The Morgan fingerprint density at radius 1 is 1.32 bits per heavy atom. The Hall–Kier alpha value is -3.70. The maximum atomic E-state index is 10.9. The van der Waals surface area contributed by atoms with Crippen molar-refractivity contribution < 1.29 is 14.4 Å². The van der Waals surface area contributed by atoms with Crippen LogP contribution in [0.5, 0.6) is 6.01 Å². The first-order chi connectivity index (χ1) is 13.6. The second-order valence-electron chi connectivity index (χ2n) is 6.38. The Labute approximate surface area is 160 Å². The number of hydrogen-bond acceptors (Lipinski definition) is 6. The highest BCUT2D eigenvalue weighted by molar-refractivity contribution is 5.68. The van der Waals surface area contributed by atoms with Gasteiger partial charge in [-0.25, -0.2) is 0 Å². The lowest BCUT2D eigenvalue weighted by Gasteiger charge is -2.23. The van der Waals surface area contributed by atoms with Crippen molar-refractivity contribution in [1.29, 1.82) is 5.26 Å². The topological polar surface area (TPSA) is 103 Å². The molecular formula is C20H16N4O4. The van der Waals surface area contributed by atoms with Gasteiger partial charge in [0, 0.05) is 4.98 Å². The van der Waals surface area contributed by atoms with Gasteiger partial charge in [-0.1, -0.05) is 36.4 Å². The van der Waals surface area contributed by atoms with Crippen LogP contribution in [0.2, 0.25) is 0 Å². The molecule has 140 valence electrons. The van der Waals surface area contributed by atoms with E-state index in [9.17, 15) is 10.1 Å². The third kappa shape index (κ3) is 3.56. The summed E-state index contributed by atoms with van der Waals surface area (Å²) in [6.07, 6.45) is 1.10. The summed E-state index contributed by atoms with van der Waals surface area (Å²) in [5, 5.41) is 20.0. The van der Waals surface area contributed by atoms with Crippen LogP contribution in [0.15, 0.2) is 54.7 Å². The van der Waals surface area contributed by atoms with Crippen molar-refractivity contribution in [3.05, 3.63) is 76.0 Å². The summed E-state index contributed by atoms with van der Waals surface area (Å²) in [4.78, 5) is 14.1. The predicted octanol–water partition coefficient (Wildman–Crippen LogP) is 3.31. The number of ether oxygens (including phenoxy) is 2. The third-order valence-corrected chi connectivity index (χ3v) is 4.51. The maximum absolute atomic E-state index is 10.9. The minimum Gasteiger partial charge on any atom is -0.443 e. The van der Waals surface area contributed by atoms with Gasteiger partial charge in [-0.15, -0.1) is 0 Å². The molecule has 0 aliphatic carbocycles. The minimum atomic E-state index is -0.545. The van der Waals surface area contributed by atoms with Crippen LogP contribution < -0.4 is 4.74 Å². The molecule has 1 aliphatic heterocycles. The van der Waals surface area contributed by atoms with Crippen molar-refractivity contribution in [1.82, 2.24) is 9.55 Å². The van der Waals surface area contributed by atoms with Crippen LogP contribution in [0.4, 0.5) is 5.82 Å². The minimum absolute atomic E-state index is 0.236. The van der Waals surface area contributed by atoms with Gasteiger partial charge in [0.05, 0.1) is 24.8 Å². The lowest BCUT2D eigenvalue weighted by atomic mass is 9.98. The second kappa shape index (κ2) is 7.50. The Balaban J connectivity index is 1.49. The summed E-state index contributed by atoms with van der Waals surface area (Å²) in [7, 11) is 0. The fourth-order valence-electron chi connectivity index (χ4n) is 3.15. The summed E-state index contributed by atoms with van der Waals surface area (Å²) in [6, 6.07) is 17.7. The summed E-state index contributed by atoms with van der Waals surface area (Å²) in [6.45, 7) is 1.07. The van der Waals surface area contributed by atoms with E-state index in [2.05, 4.69) is 11.1 Å². The van der Waals surface area contributed by atoms with Crippen molar-refractivity contribution in [3.63, 3.8) is 0 Å². The highest BCUT2D eigenvalue weighted by atomic mass is 16.6. The molecule has 0 saturated carbocycles.